The summed E-state index contributed by atoms with van der Waals surface area (Å²) in [4.78, 5) is 34.1. The summed E-state index contributed by atoms with van der Waals surface area (Å²) in [6.07, 6.45) is 24.3. The van der Waals surface area contributed by atoms with E-state index in [2.05, 4.69) is 311 Å². The van der Waals surface area contributed by atoms with Crippen LogP contribution in [-0.4, -0.2) is 39.9 Å². The van der Waals surface area contributed by atoms with Gasteiger partial charge in [-0.3, -0.25) is 39.9 Å². The number of aromatic nitrogens is 8. The largest absolute Gasteiger partial charge is 0.265 e. The maximum Gasteiger partial charge on any atom is 0.0496 e. The van der Waals surface area contributed by atoms with Crippen molar-refractivity contribution in [1.82, 2.24) is 39.9 Å². The summed E-state index contributed by atoms with van der Waals surface area (Å²) >= 11 is 0. The summed E-state index contributed by atoms with van der Waals surface area (Å²) in [5.74, 6) is 5.74. The zero-order valence-electron chi connectivity index (χ0n) is 58.5. The Balaban J connectivity index is 0.000000163. The van der Waals surface area contributed by atoms with Crippen LogP contribution in [0.1, 0.15) is 186 Å². The van der Waals surface area contributed by atoms with Crippen LogP contribution in [0.2, 0.25) is 0 Å². The molecule has 0 saturated heterocycles. The van der Waals surface area contributed by atoms with Gasteiger partial charge in [-0.15, -0.1) is 0 Å². The summed E-state index contributed by atoms with van der Waals surface area (Å²) in [5.41, 5.74) is 15.3. The Bertz CT molecular complexity index is 2960. The summed E-state index contributed by atoms with van der Waals surface area (Å²) in [6, 6.07) is 81.6. The van der Waals surface area contributed by atoms with Crippen molar-refractivity contribution in [3.63, 3.8) is 0 Å². The van der Waals surface area contributed by atoms with Gasteiger partial charge in [0.2, 0.25) is 0 Å². The van der Waals surface area contributed by atoms with E-state index in [1.54, 1.807) is 0 Å². The molecule has 0 spiro atoms. The highest BCUT2D eigenvalue weighted by atomic mass is 14.7. The molecule has 0 saturated carbocycles. The van der Waals surface area contributed by atoms with Gasteiger partial charge >= 0.3 is 0 Å². The number of nitrogens with zero attached hydrogens (tertiary/aromatic N) is 8. The van der Waals surface area contributed by atoms with Crippen molar-refractivity contribution < 1.29 is 0 Å². The predicted octanol–water partition coefficient (Wildman–Crippen LogP) is 22.0. The Morgan fingerprint density at radius 1 is 0.167 bits per heavy atom. The fourth-order valence-corrected chi connectivity index (χ4v) is 12.7. The topological polar surface area (TPSA) is 103 Å². The van der Waals surface area contributed by atoms with E-state index in [1.165, 1.54) is 50.1 Å². The van der Waals surface area contributed by atoms with Gasteiger partial charge in [0, 0.05) is 133 Å². The van der Waals surface area contributed by atoms with Gasteiger partial charge in [-0.25, -0.2) is 0 Å². The van der Waals surface area contributed by atoms with Crippen LogP contribution >= 0.6 is 0 Å². The quantitative estimate of drug-likeness (QED) is 0.0837. The Hall–Kier alpha value is -9.92. The highest BCUT2D eigenvalue weighted by Crippen LogP contribution is 2.36. The van der Waals surface area contributed by atoms with Gasteiger partial charge < -0.3 is 0 Å². The molecular weight excluding hydrogens is 1170 g/mol. The normalized spacial score (nSPS) is 12.1. The molecule has 8 nitrogen and oxygen atoms in total. The molecule has 0 aliphatic carbocycles. The van der Waals surface area contributed by atoms with Gasteiger partial charge in [0.25, 0.3) is 0 Å². The van der Waals surface area contributed by atoms with Gasteiger partial charge in [-0.2, -0.15) is 0 Å². The molecule has 12 aromatic rings. The number of rotatable bonds is 18. The molecule has 0 bridgehead atoms. The second-order valence-corrected chi connectivity index (χ2v) is 26.2. The lowest BCUT2D eigenvalue weighted by Crippen LogP contribution is -2.11. The van der Waals surface area contributed by atoms with Crippen molar-refractivity contribution in [2.45, 2.75) is 119 Å². The second-order valence-electron chi connectivity index (χ2n) is 26.2. The monoisotopic (exact) mass is 1270 g/mol. The fraction of sp³-hybridized carbons (Fsp3) is 0.273. The number of hydrogen-bond acceptors (Lipinski definition) is 8. The molecule has 492 valence electrons. The van der Waals surface area contributed by atoms with Crippen LogP contribution in [0.4, 0.5) is 0 Å². The van der Waals surface area contributed by atoms with Crippen LogP contribution in [0, 0.1) is 35.5 Å². The first kappa shape index (κ1) is 73.5. The molecule has 96 heavy (non-hydrogen) atoms. The lowest BCUT2D eigenvalue weighted by molar-refractivity contribution is 0.541. The Morgan fingerprint density at radius 3 is 0.625 bits per heavy atom. The predicted molar refractivity (Wildman–Crippen MR) is 400 cm³/mol. The Morgan fingerprint density at radius 2 is 0.385 bits per heavy atom. The SMILES string of the molecule is CC(C)C(c1ccccc1)c1ccccn1.CC(C)C(c1ccccc1)c1cccnc1.CC(C)C(c1ccccc1)c1ccncc1.CC(C)C(c1ccccc1)c1ccncc1.CC(C)C(c1ccccn1)c1ccccn1.CC(C)C(c1cccnc1)c1cccnc1. The van der Waals surface area contributed by atoms with E-state index >= 15 is 0 Å². The third-order valence-corrected chi connectivity index (χ3v) is 16.9. The Labute approximate surface area is 575 Å². The molecule has 8 heterocycles. The molecule has 0 aliphatic heterocycles. The molecule has 4 unspecified atom stereocenters. The molecule has 8 heteroatoms. The smallest absolute Gasteiger partial charge is 0.0496 e. The molecule has 0 fully saturated rings. The summed E-state index contributed by atoms with van der Waals surface area (Å²) in [6.45, 7) is 26.9. The summed E-state index contributed by atoms with van der Waals surface area (Å²) in [5, 5.41) is 0. The van der Waals surface area contributed by atoms with E-state index in [9.17, 15) is 0 Å². The molecule has 0 amide bonds. The van der Waals surface area contributed by atoms with Gasteiger partial charge in [-0.05, 0) is 164 Å². The van der Waals surface area contributed by atoms with E-state index in [1.807, 2.05) is 129 Å². The minimum Gasteiger partial charge on any atom is -0.265 e. The first-order chi connectivity index (χ1) is 46.7. The molecule has 0 N–H and O–H groups in total. The van der Waals surface area contributed by atoms with E-state index in [0.29, 0.717) is 65.1 Å². The van der Waals surface area contributed by atoms with Crippen molar-refractivity contribution in [3.8, 4) is 0 Å². The van der Waals surface area contributed by atoms with Crippen LogP contribution in [0.3, 0.4) is 0 Å². The molecule has 0 aliphatic rings. The van der Waals surface area contributed by atoms with Crippen molar-refractivity contribution >= 4 is 0 Å². The number of pyridine rings is 8. The average Bonchev–Trinajstić information content (AvgIpc) is 2.51. The van der Waals surface area contributed by atoms with E-state index in [-0.39, 0.29) is 5.92 Å². The summed E-state index contributed by atoms with van der Waals surface area (Å²) in [7, 11) is 0. The lowest BCUT2D eigenvalue weighted by Gasteiger charge is -2.21. The molecule has 4 atom stereocenters. The van der Waals surface area contributed by atoms with Crippen molar-refractivity contribution in [1.29, 1.82) is 0 Å². The van der Waals surface area contributed by atoms with Crippen LogP contribution in [-0.2, 0) is 0 Å². The fourth-order valence-electron chi connectivity index (χ4n) is 12.7. The standard InChI is InChI=1S/4C15H17N.2C14H16N2/c1-12(2)15(13-8-4-3-5-9-13)14-10-6-7-11-16-14;1-12(2)15(13-7-4-3-5-8-13)14-9-6-10-16-11-14;2*1-12(2)15(13-6-4-3-5-7-13)14-8-10-16-11-9-14;1-11(2)14(12-5-3-7-15-9-12)13-6-4-8-16-10-13;1-11(2)14(12-7-3-5-9-15-12)13-8-4-6-10-16-13/h4*3-12,15H,1-2H3;2*3-11,14H,1-2H3. The third kappa shape index (κ3) is 23.2. The molecule has 12 rings (SSSR count). The van der Waals surface area contributed by atoms with Crippen LogP contribution in [0.25, 0.3) is 0 Å². The number of benzene rings is 4. The van der Waals surface area contributed by atoms with Crippen LogP contribution in [0.15, 0.2) is 317 Å². The Kier molecular flexibility index (Phi) is 30.9. The molecule has 0 radical (unpaired) electrons. The van der Waals surface area contributed by atoms with Crippen LogP contribution < -0.4 is 0 Å². The molecular formula is C88H100N8. The third-order valence-electron chi connectivity index (χ3n) is 16.9. The minimum atomic E-state index is 0.280. The lowest BCUT2D eigenvalue weighted by atomic mass is 9.83. The zero-order valence-corrected chi connectivity index (χ0v) is 58.5. The first-order valence-electron chi connectivity index (χ1n) is 34.1. The van der Waals surface area contributed by atoms with Crippen molar-refractivity contribution in [3.05, 3.63) is 384 Å². The van der Waals surface area contributed by atoms with Gasteiger partial charge in [0.05, 0.1) is 0 Å². The van der Waals surface area contributed by atoms with E-state index < -0.39 is 0 Å². The summed E-state index contributed by atoms with van der Waals surface area (Å²) < 4.78 is 0. The zero-order chi connectivity index (χ0) is 68.3. The van der Waals surface area contributed by atoms with Gasteiger partial charge in [0.1, 0.15) is 0 Å². The maximum atomic E-state index is 4.48. The first-order valence-corrected chi connectivity index (χ1v) is 34.1. The van der Waals surface area contributed by atoms with Crippen LogP contribution in [0.5, 0.6) is 0 Å². The van der Waals surface area contributed by atoms with Crippen molar-refractivity contribution in [2.75, 3.05) is 0 Å². The maximum absolute atomic E-state index is 4.48. The van der Waals surface area contributed by atoms with E-state index in [4.69, 9.17) is 0 Å². The average molecular weight is 1270 g/mol. The van der Waals surface area contributed by atoms with Gasteiger partial charge in [-0.1, -0.05) is 241 Å². The highest BCUT2D eigenvalue weighted by molar-refractivity contribution is 5.36. The van der Waals surface area contributed by atoms with Crippen molar-refractivity contribution in [2.24, 2.45) is 35.5 Å². The number of hydrogen-bond donors (Lipinski definition) is 0. The van der Waals surface area contributed by atoms with E-state index in [0.717, 1.165) is 17.1 Å². The second kappa shape index (κ2) is 40.4. The molecule has 8 aromatic heterocycles. The molecule has 4 aromatic carbocycles. The highest BCUT2D eigenvalue weighted by Gasteiger charge is 2.23. The minimum absolute atomic E-state index is 0.280. The van der Waals surface area contributed by atoms with Gasteiger partial charge in [0.15, 0.2) is 0 Å².